The lowest BCUT2D eigenvalue weighted by Crippen LogP contribution is -2.33. The number of pyridine rings is 4. The quantitative estimate of drug-likeness (QED) is 0.108. The van der Waals surface area contributed by atoms with Crippen molar-refractivity contribution in [2.24, 2.45) is 49.9 Å². The van der Waals surface area contributed by atoms with Gasteiger partial charge in [-0.2, -0.15) is 0 Å². The van der Waals surface area contributed by atoms with Crippen molar-refractivity contribution in [1.82, 2.24) is 0 Å². The Morgan fingerprint density at radius 1 is 0.264 bits per heavy atom. The molecule has 4 heterocycles. The lowest BCUT2D eigenvalue weighted by atomic mass is 9.81. The maximum absolute atomic E-state index is 9.16. The van der Waals surface area contributed by atoms with E-state index in [1.807, 2.05) is 366 Å². The standard InChI is InChI=1S/C31H42N.C26H32N.C25H30N.C20H20N/c1-21-11-13-24(14-12-21)27-17-28(23(3)15-22(27)2)29-16-25(18-30(4,5)6)26(20-32(29)10)19-31(7,8)9;1-18-8-10-22(11-9-18)23-16-24(20(3)14-19(23)2)25-15-21(12-13-27(25)7)17-26(4,5)6;1-18-14-19(2)23(15-22(18)21-10-8-7-9-11-21)24-13-12-20(17-26(24)6)16-25(3,4)5;1-15-13-16(2)19(20-11-7-8-12-21(20)3)14-18(15)17-9-5-4-6-10-17/h11-17,20H,18-19H2,1-10H3;8-16H,17H2,1-7H3;7-15,17H,16H2,1-6H3;4-14H,1-3H3/q4*+1/i2D3,18D2,19D2;2D3,17D2;1D3,16D2;1D3. The predicted octanol–water partition coefficient (Wildman–Crippen LogP) is 24.8. The molecule has 0 N–H and O–H groups in total. The summed E-state index contributed by atoms with van der Waals surface area (Å²) in [6, 6.07) is 64.9. The van der Waals surface area contributed by atoms with Crippen molar-refractivity contribution in [3.05, 3.63) is 309 Å². The second-order valence-corrected chi connectivity index (χ2v) is 32.4. The van der Waals surface area contributed by atoms with Crippen LogP contribution in [-0.2, 0) is 53.7 Å². The molecule has 106 heavy (non-hydrogen) atoms. The second-order valence-electron chi connectivity index (χ2n) is 32.4. The minimum absolute atomic E-state index is 0.265. The summed E-state index contributed by atoms with van der Waals surface area (Å²) in [5.41, 5.74) is 19.4. The second kappa shape index (κ2) is 33.9. The number of aryl methyl sites for hydroxylation is 14. The van der Waals surface area contributed by atoms with Crippen molar-refractivity contribution in [3.8, 4) is 89.5 Å². The molecular weight excluding hydrogens is 1280 g/mol. The number of aromatic nitrogens is 4. The van der Waals surface area contributed by atoms with Gasteiger partial charge in [0, 0.05) is 97.2 Å². The Morgan fingerprint density at radius 2 is 0.604 bits per heavy atom. The van der Waals surface area contributed by atoms with Crippen LogP contribution in [0, 0.1) is 90.6 Å². The molecule has 8 aromatic carbocycles. The molecule has 4 aromatic heterocycles. The highest BCUT2D eigenvalue weighted by Crippen LogP contribution is 2.38. The van der Waals surface area contributed by atoms with Crippen molar-refractivity contribution < 1.29 is 45.7 Å². The number of benzene rings is 8. The van der Waals surface area contributed by atoms with E-state index in [1.54, 1.807) is 36.5 Å². The Labute approximate surface area is 668 Å². The summed E-state index contributed by atoms with van der Waals surface area (Å²) in [5.74, 6) is 0. The molecule has 0 aliphatic heterocycles. The average Bonchev–Trinajstić information content (AvgIpc) is 0.730. The molecule has 548 valence electrons. The molecule has 0 unspecified atom stereocenters. The molecule has 4 nitrogen and oxygen atoms in total. The van der Waals surface area contributed by atoms with Gasteiger partial charge in [0.1, 0.15) is 28.2 Å². The van der Waals surface area contributed by atoms with E-state index in [-0.39, 0.29) is 5.56 Å². The zero-order valence-electron chi connectivity index (χ0n) is 86.7. The third-order valence-electron chi connectivity index (χ3n) is 18.1. The van der Waals surface area contributed by atoms with Crippen molar-refractivity contribution in [3.63, 3.8) is 0 Å². The molecule has 4 heteroatoms. The van der Waals surface area contributed by atoms with Crippen molar-refractivity contribution in [1.29, 1.82) is 0 Å². The van der Waals surface area contributed by atoms with E-state index in [2.05, 4.69) is 0 Å². The molecule has 12 aromatic rings. The fourth-order valence-electron chi connectivity index (χ4n) is 13.1. The summed E-state index contributed by atoms with van der Waals surface area (Å²) in [6.45, 7) is 25.0. The molecule has 0 saturated heterocycles. The summed E-state index contributed by atoms with van der Waals surface area (Å²) in [6.07, 6.45) is 0.731. The largest absolute Gasteiger partial charge is 0.212 e. The maximum Gasteiger partial charge on any atom is 0.212 e. The molecule has 0 aliphatic rings. The van der Waals surface area contributed by atoms with Crippen LogP contribution in [0.15, 0.2) is 231 Å². The lowest BCUT2D eigenvalue weighted by Gasteiger charge is -2.24. The molecule has 0 amide bonds. The summed E-state index contributed by atoms with van der Waals surface area (Å²) >= 11 is 0. The Kier molecular flexibility index (Phi) is 18.1. The van der Waals surface area contributed by atoms with E-state index in [0.717, 1.165) is 101 Å². The van der Waals surface area contributed by atoms with Crippen LogP contribution >= 0.6 is 0 Å². The molecular formula is C102H124N4+4. The minimum atomic E-state index is -2.31. The predicted molar refractivity (Wildman–Crippen MR) is 454 cm³/mol. The van der Waals surface area contributed by atoms with Crippen LogP contribution in [-0.4, -0.2) is 0 Å². The SMILES string of the molecule is [2H]C([2H])([2H])c1cc(C)c(-c2cc(C([2H])([2H])C(C)(C)C)c(C([2H])([2H])C(C)(C)C)c[n+]2C)cc1-c1ccc(C)cc1.[2H]C([2H])([2H])c1cc(C)c(-c2cc(C([2H])([2H])C(C)(C)C)cc[n+]2C)cc1-c1ccc(C)cc1.[2H]C([2H])([2H])c1cc(C)c(-c2ccc(C([2H])([2H])C(C)(C)C)c[n+]2C)cc1-c1ccccc1.[2H]C([2H])([2H])c1cc(C)c(-c2cccc[n+]2C)cc1-c1ccccc1. The molecule has 0 aliphatic carbocycles. The summed E-state index contributed by atoms with van der Waals surface area (Å²) in [4.78, 5) is 0. The normalized spacial score (nSPS) is 15.5. The average molecular weight is 1430 g/mol. The summed E-state index contributed by atoms with van der Waals surface area (Å²) in [7, 11) is 7.65. The highest BCUT2D eigenvalue weighted by molar-refractivity contribution is 5.79. The van der Waals surface area contributed by atoms with Crippen LogP contribution in [0.3, 0.4) is 0 Å². The number of nitrogens with zero attached hydrogens (tertiary/aromatic N) is 4. The summed E-state index contributed by atoms with van der Waals surface area (Å²) < 4.78 is 175. The molecule has 0 spiro atoms. The smallest absolute Gasteiger partial charge is 0.201 e. The Bertz CT molecular complexity index is 5910. The molecule has 12 rings (SSSR count). The van der Waals surface area contributed by atoms with Gasteiger partial charge < -0.3 is 0 Å². The molecule has 0 fully saturated rings. The number of hydrogen-bond donors (Lipinski definition) is 0. The van der Waals surface area contributed by atoms with E-state index in [0.29, 0.717) is 61.3 Å². The van der Waals surface area contributed by atoms with Gasteiger partial charge in [0.05, 0.1) is 0 Å². The molecule has 0 atom stereocenters. The van der Waals surface area contributed by atoms with Crippen molar-refractivity contribution >= 4 is 0 Å². The van der Waals surface area contributed by atoms with Crippen LogP contribution in [0.25, 0.3) is 89.5 Å². The van der Waals surface area contributed by atoms with Crippen LogP contribution in [0.4, 0.5) is 0 Å². The first-order chi connectivity index (χ1) is 57.7. The zero-order chi connectivity index (χ0) is 94.5. The van der Waals surface area contributed by atoms with Crippen LogP contribution in [0.2, 0.25) is 0 Å². The molecule has 0 radical (unpaired) electrons. The molecule has 0 bridgehead atoms. The van der Waals surface area contributed by atoms with Crippen LogP contribution in [0.1, 0.15) is 188 Å². The first kappa shape index (κ1) is 56.7. The third-order valence-corrected chi connectivity index (χ3v) is 18.1. The van der Waals surface area contributed by atoms with E-state index < -0.39 is 74.6 Å². The fourth-order valence-corrected chi connectivity index (χ4v) is 13.1. The van der Waals surface area contributed by atoms with Crippen LogP contribution in [0.5, 0.6) is 0 Å². The Balaban J connectivity index is 0.000000192. The Hall–Kier alpha value is -9.64. The first-order valence-corrected chi connectivity index (χ1v) is 36.6. The third kappa shape index (κ3) is 21.5. The van der Waals surface area contributed by atoms with Gasteiger partial charge >= 0.3 is 0 Å². The topological polar surface area (TPSA) is 15.5 Å². The van der Waals surface area contributed by atoms with E-state index in [9.17, 15) is 0 Å². The monoisotopic (exact) mass is 1430 g/mol. The highest BCUT2D eigenvalue weighted by Gasteiger charge is 2.27. The van der Waals surface area contributed by atoms with Gasteiger partial charge in [-0.05, 0) is 253 Å². The van der Waals surface area contributed by atoms with Gasteiger partial charge in [0.2, 0.25) is 22.8 Å². The van der Waals surface area contributed by atoms with Gasteiger partial charge in [0.25, 0.3) is 0 Å². The Morgan fingerprint density at radius 3 is 0.991 bits per heavy atom. The van der Waals surface area contributed by atoms with Gasteiger partial charge in [-0.15, -0.1) is 0 Å². The van der Waals surface area contributed by atoms with E-state index >= 15 is 0 Å². The summed E-state index contributed by atoms with van der Waals surface area (Å²) in [5, 5.41) is 0. The van der Waals surface area contributed by atoms with E-state index in [1.165, 1.54) is 0 Å². The van der Waals surface area contributed by atoms with Gasteiger partial charge in [-0.3, -0.25) is 0 Å². The maximum atomic E-state index is 9.16. The lowest BCUT2D eigenvalue weighted by molar-refractivity contribution is -0.661. The van der Waals surface area contributed by atoms with Gasteiger partial charge in [-0.1, -0.05) is 228 Å². The fraction of sp³-hybridized carbons (Fsp3) is 0.333. The minimum Gasteiger partial charge on any atom is -0.201 e. The van der Waals surface area contributed by atoms with Gasteiger partial charge in [-0.25, -0.2) is 18.3 Å². The van der Waals surface area contributed by atoms with Crippen molar-refractivity contribution in [2.75, 3.05) is 0 Å². The number of rotatable bonds is 12. The van der Waals surface area contributed by atoms with Crippen molar-refractivity contribution in [2.45, 2.75) is 178 Å². The molecule has 0 saturated carbocycles. The van der Waals surface area contributed by atoms with Gasteiger partial charge in [0.15, 0.2) is 24.8 Å². The number of hydrogen-bond acceptors (Lipinski definition) is 0. The van der Waals surface area contributed by atoms with Crippen LogP contribution < -0.4 is 18.3 Å². The van der Waals surface area contributed by atoms with E-state index in [4.69, 9.17) is 27.4 Å². The first-order valence-electron chi connectivity index (χ1n) is 46.6. The zero-order valence-corrected chi connectivity index (χ0v) is 66.7. The highest BCUT2D eigenvalue weighted by atomic mass is 14.9.